The van der Waals surface area contributed by atoms with Crippen molar-refractivity contribution in [1.29, 1.82) is 0 Å². The summed E-state index contributed by atoms with van der Waals surface area (Å²) in [5.41, 5.74) is 1.90. The molecule has 0 spiro atoms. The minimum atomic E-state index is -0.638. The Morgan fingerprint density at radius 3 is 2.68 bits per heavy atom. The number of amides is 1. The Bertz CT molecular complexity index is 762. The van der Waals surface area contributed by atoms with Crippen molar-refractivity contribution in [2.45, 2.75) is 19.5 Å². The zero-order chi connectivity index (χ0) is 17.9. The normalized spacial score (nSPS) is 19.3. The van der Waals surface area contributed by atoms with Gasteiger partial charge >= 0.3 is 0 Å². The second-order valence-corrected chi connectivity index (χ2v) is 6.16. The lowest BCUT2D eigenvalue weighted by atomic mass is 9.93. The maximum absolute atomic E-state index is 13.0. The number of methoxy groups -OCH3 is 1. The maximum atomic E-state index is 13.0. The average molecular weight is 340 g/mol. The zero-order valence-electron chi connectivity index (χ0n) is 14.9. The smallest absolute Gasteiger partial charge is 0.258 e. The van der Waals surface area contributed by atoms with E-state index in [1.165, 1.54) is 0 Å². The molecule has 1 atom stereocenters. The van der Waals surface area contributed by atoms with E-state index in [0.717, 1.165) is 17.0 Å². The van der Waals surface area contributed by atoms with Gasteiger partial charge in [0, 0.05) is 24.9 Å². The summed E-state index contributed by atoms with van der Waals surface area (Å²) in [6.07, 6.45) is 0. The van der Waals surface area contributed by atoms with Gasteiger partial charge in [0.05, 0.1) is 12.2 Å². The molecule has 0 saturated carbocycles. The Balaban J connectivity index is 1.97. The summed E-state index contributed by atoms with van der Waals surface area (Å²) < 4.78 is 10.8. The first-order valence-corrected chi connectivity index (χ1v) is 8.51. The molecular formula is C20H24N2O3. The van der Waals surface area contributed by atoms with Crippen molar-refractivity contribution in [3.8, 4) is 5.75 Å². The molecule has 1 unspecified atom stereocenters. The van der Waals surface area contributed by atoms with Crippen molar-refractivity contribution in [2.24, 2.45) is 0 Å². The van der Waals surface area contributed by atoms with Crippen LogP contribution in [0.15, 0.2) is 48.5 Å². The highest BCUT2D eigenvalue weighted by Gasteiger charge is 2.41. The van der Waals surface area contributed by atoms with Gasteiger partial charge in [-0.2, -0.15) is 0 Å². The second kappa shape index (κ2) is 7.15. The molecule has 0 saturated heterocycles. The fourth-order valence-electron chi connectivity index (χ4n) is 3.28. The van der Waals surface area contributed by atoms with Gasteiger partial charge in [-0.25, -0.2) is 0 Å². The molecule has 3 rings (SSSR count). The fraction of sp³-hybridized carbons (Fsp3) is 0.350. The van der Waals surface area contributed by atoms with Gasteiger partial charge in [-0.3, -0.25) is 4.79 Å². The predicted molar refractivity (Wildman–Crippen MR) is 97.9 cm³/mol. The van der Waals surface area contributed by atoms with Gasteiger partial charge in [0.15, 0.2) is 0 Å². The van der Waals surface area contributed by atoms with Crippen LogP contribution in [0.25, 0.3) is 0 Å². The van der Waals surface area contributed by atoms with Crippen LogP contribution in [0.1, 0.15) is 29.8 Å². The van der Waals surface area contributed by atoms with Crippen LogP contribution in [-0.4, -0.2) is 37.7 Å². The predicted octanol–water partition coefficient (Wildman–Crippen LogP) is 3.47. The summed E-state index contributed by atoms with van der Waals surface area (Å²) in [5, 5.41) is 3.54. The lowest BCUT2D eigenvalue weighted by Gasteiger charge is -2.46. The quantitative estimate of drug-likeness (QED) is 0.818. The SMILES string of the molecule is CCN1C(=O)c2ccccc2NC1(C)c1cccc(OCCOC)c1. The van der Waals surface area contributed by atoms with E-state index in [9.17, 15) is 4.79 Å². The molecule has 2 aromatic carbocycles. The van der Waals surface area contributed by atoms with Crippen molar-refractivity contribution in [1.82, 2.24) is 4.90 Å². The largest absolute Gasteiger partial charge is 0.491 e. The number of nitrogens with one attached hydrogen (secondary N) is 1. The van der Waals surface area contributed by atoms with Crippen LogP contribution in [0.5, 0.6) is 5.75 Å². The number of anilines is 1. The summed E-state index contributed by atoms with van der Waals surface area (Å²) in [5.74, 6) is 0.796. The van der Waals surface area contributed by atoms with Crippen molar-refractivity contribution < 1.29 is 14.3 Å². The summed E-state index contributed by atoms with van der Waals surface area (Å²) in [7, 11) is 1.65. The van der Waals surface area contributed by atoms with Crippen LogP contribution < -0.4 is 10.1 Å². The summed E-state index contributed by atoms with van der Waals surface area (Å²) in [6.45, 7) is 5.64. The van der Waals surface area contributed by atoms with Crippen LogP contribution in [0.4, 0.5) is 5.69 Å². The van der Waals surface area contributed by atoms with Crippen molar-refractivity contribution >= 4 is 11.6 Å². The van der Waals surface area contributed by atoms with Gasteiger partial charge in [-0.05, 0) is 38.1 Å². The molecule has 0 aliphatic carbocycles. The molecule has 2 aromatic rings. The minimum absolute atomic E-state index is 0.0325. The van der Waals surface area contributed by atoms with E-state index in [1.54, 1.807) is 7.11 Å². The van der Waals surface area contributed by atoms with Crippen molar-refractivity contribution in [3.63, 3.8) is 0 Å². The molecule has 5 heteroatoms. The van der Waals surface area contributed by atoms with E-state index < -0.39 is 5.66 Å². The Kier molecular flexibility index (Phi) is 4.95. The number of hydrogen-bond acceptors (Lipinski definition) is 4. The van der Waals surface area contributed by atoms with Crippen LogP contribution in [0.2, 0.25) is 0 Å². The summed E-state index contributed by atoms with van der Waals surface area (Å²) in [6, 6.07) is 15.5. The van der Waals surface area contributed by atoms with Gasteiger partial charge in [0.2, 0.25) is 0 Å². The third-order valence-electron chi connectivity index (χ3n) is 4.59. The molecule has 5 nitrogen and oxygen atoms in total. The molecule has 1 aliphatic rings. The molecule has 0 radical (unpaired) electrons. The number of benzene rings is 2. The summed E-state index contributed by atoms with van der Waals surface area (Å²) in [4.78, 5) is 14.8. The van der Waals surface area contributed by atoms with Gasteiger partial charge in [0.1, 0.15) is 18.0 Å². The number of hydrogen-bond donors (Lipinski definition) is 1. The molecule has 0 bridgehead atoms. The summed E-state index contributed by atoms with van der Waals surface area (Å²) >= 11 is 0. The number of para-hydroxylation sites is 1. The topological polar surface area (TPSA) is 50.8 Å². The molecule has 1 heterocycles. The van der Waals surface area contributed by atoms with E-state index >= 15 is 0 Å². The minimum Gasteiger partial charge on any atom is -0.491 e. The van der Waals surface area contributed by atoms with Gasteiger partial charge in [0.25, 0.3) is 5.91 Å². The first kappa shape index (κ1) is 17.3. The maximum Gasteiger partial charge on any atom is 0.258 e. The highest BCUT2D eigenvalue weighted by atomic mass is 16.5. The van der Waals surface area contributed by atoms with Gasteiger partial charge in [-0.15, -0.1) is 0 Å². The highest BCUT2D eigenvalue weighted by Crippen LogP contribution is 2.38. The highest BCUT2D eigenvalue weighted by molar-refractivity contribution is 6.02. The Labute approximate surface area is 148 Å². The fourth-order valence-corrected chi connectivity index (χ4v) is 3.28. The molecule has 0 aromatic heterocycles. The molecule has 1 N–H and O–H groups in total. The number of ether oxygens (including phenoxy) is 2. The van der Waals surface area contributed by atoms with Crippen LogP contribution in [-0.2, 0) is 10.4 Å². The third-order valence-corrected chi connectivity index (χ3v) is 4.59. The number of nitrogens with zero attached hydrogens (tertiary/aromatic N) is 1. The third kappa shape index (κ3) is 3.20. The number of fused-ring (bicyclic) bond motifs is 1. The average Bonchev–Trinajstić information content (AvgIpc) is 2.62. The molecule has 1 aliphatic heterocycles. The molecule has 132 valence electrons. The first-order chi connectivity index (χ1) is 12.1. The van der Waals surface area contributed by atoms with Crippen molar-refractivity contribution in [3.05, 3.63) is 59.7 Å². The van der Waals surface area contributed by atoms with Crippen LogP contribution in [0.3, 0.4) is 0 Å². The van der Waals surface area contributed by atoms with Gasteiger partial charge in [-0.1, -0.05) is 24.3 Å². The zero-order valence-corrected chi connectivity index (χ0v) is 14.9. The Morgan fingerprint density at radius 1 is 1.12 bits per heavy atom. The lowest BCUT2D eigenvalue weighted by molar-refractivity contribution is 0.0552. The monoisotopic (exact) mass is 340 g/mol. The van der Waals surface area contributed by atoms with Crippen LogP contribution in [0, 0.1) is 0 Å². The standard InChI is InChI=1S/C20H24N2O3/c1-4-22-19(23)17-10-5-6-11-18(17)21-20(22,2)15-8-7-9-16(14-15)25-13-12-24-3/h5-11,14,21H,4,12-13H2,1-3H3. The van der Waals surface area contributed by atoms with E-state index in [2.05, 4.69) is 5.32 Å². The van der Waals surface area contributed by atoms with Crippen LogP contribution >= 0.6 is 0 Å². The Morgan fingerprint density at radius 2 is 1.92 bits per heavy atom. The number of carbonyl (C=O) groups is 1. The van der Waals surface area contributed by atoms with E-state index in [0.29, 0.717) is 25.3 Å². The molecular weight excluding hydrogens is 316 g/mol. The van der Waals surface area contributed by atoms with Crippen molar-refractivity contribution in [2.75, 3.05) is 32.2 Å². The number of carbonyl (C=O) groups excluding carboxylic acids is 1. The second-order valence-electron chi connectivity index (χ2n) is 6.16. The first-order valence-electron chi connectivity index (χ1n) is 8.51. The van der Waals surface area contributed by atoms with E-state index in [4.69, 9.17) is 9.47 Å². The number of rotatable bonds is 6. The Hall–Kier alpha value is -2.53. The van der Waals surface area contributed by atoms with Gasteiger partial charge < -0.3 is 19.7 Å². The lowest BCUT2D eigenvalue weighted by Crippen LogP contribution is -2.55. The van der Waals surface area contributed by atoms with E-state index in [1.807, 2.05) is 67.3 Å². The molecule has 0 fully saturated rings. The molecule has 25 heavy (non-hydrogen) atoms. The van der Waals surface area contributed by atoms with E-state index in [-0.39, 0.29) is 5.91 Å². The molecule has 1 amide bonds.